The molecule has 1 aromatic carbocycles. The largest absolute Gasteiger partial charge is 0.467 e. The standard InChI is InChI=1S/C19H18N2O4/c22-14(15-7-4-10-24-15)11-20-18(23)16-17(12-8-9-12)25-19(21-16)13-5-2-1-3-6-13/h1-7,10,12,14,22H,8-9,11H2,(H,20,23). The zero-order valence-electron chi connectivity index (χ0n) is 13.5. The average Bonchev–Trinajstić information content (AvgIpc) is 3.16. The number of nitrogens with one attached hydrogen (secondary N) is 1. The minimum Gasteiger partial charge on any atom is -0.467 e. The summed E-state index contributed by atoms with van der Waals surface area (Å²) in [4.78, 5) is 16.9. The van der Waals surface area contributed by atoms with E-state index in [1.54, 1.807) is 12.1 Å². The number of aliphatic hydroxyl groups is 1. The lowest BCUT2D eigenvalue weighted by atomic mass is 10.2. The van der Waals surface area contributed by atoms with E-state index in [2.05, 4.69) is 10.3 Å². The van der Waals surface area contributed by atoms with E-state index in [1.807, 2.05) is 30.3 Å². The Kier molecular flexibility index (Phi) is 4.11. The van der Waals surface area contributed by atoms with Gasteiger partial charge in [-0.3, -0.25) is 4.79 Å². The molecule has 1 fully saturated rings. The maximum Gasteiger partial charge on any atom is 0.273 e. The molecular weight excluding hydrogens is 320 g/mol. The fourth-order valence-corrected chi connectivity index (χ4v) is 2.68. The number of hydrogen-bond acceptors (Lipinski definition) is 5. The number of oxazole rings is 1. The van der Waals surface area contributed by atoms with Crippen LogP contribution in [0.2, 0.25) is 0 Å². The van der Waals surface area contributed by atoms with Gasteiger partial charge in [0.25, 0.3) is 5.91 Å². The highest BCUT2D eigenvalue weighted by Gasteiger charge is 2.34. The number of hydrogen-bond donors (Lipinski definition) is 2. The molecule has 25 heavy (non-hydrogen) atoms. The first-order valence-electron chi connectivity index (χ1n) is 8.28. The van der Waals surface area contributed by atoms with Crippen LogP contribution in [0.1, 0.15) is 46.9 Å². The first-order valence-corrected chi connectivity index (χ1v) is 8.28. The summed E-state index contributed by atoms with van der Waals surface area (Å²) in [6, 6.07) is 12.9. The lowest BCUT2D eigenvalue weighted by Gasteiger charge is -2.08. The van der Waals surface area contributed by atoms with Crippen LogP contribution in [0.3, 0.4) is 0 Å². The molecule has 1 aliphatic rings. The Labute approximate surface area is 144 Å². The Morgan fingerprint density at radius 3 is 2.72 bits per heavy atom. The molecule has 6 nitrogen and oxygen atoms in total. The molecule has 1 unspecified atom stereocenters. The molecule has 2 aromatic heterocycles. The second-order valence-electron chi connectivity index (χ2n) is 6.11. The Morgan fingerprint density at radius 2 is 2.04 bits per heavy atom. The smallest absolute Gasteiger partial charge is 0.273 e. The summed E-state index contributed by atoms with van der Waals surface area (Å²) in [6.45, 7) is 0.0456. The van der Waals surface area contributed by atoms with Crippen LogP contribution in [0, 0.1) is 0 Å². The monoisotopic (exact) mass is 338 g/mol. The van der Waals surface area contributed by atoms with Gasteiger partial charge >= 0.3 is 0 Å². The molecule has 2 N–H and O–H groups in total. The van der Waals surface area contributed by atoms with Crippen LogP contribution in [0.4, 0.5) is 0 Å². The lowest BCUT2D eigenvalue weighted by molar-refractivity contribution is 0.0895. The third-order valence-corrected chi connectivity index (χ3v) is 4.16. The van der Waals surface area contributed by atoms with Gasteiger partial charge in [-0.25, -0.2) is 4.98 Å². The van der Waals surface area contributed by atoms with E-state index in [0.717, 1.165) is 18.4 Å². The van der Waals surface area contributed by atoms with Crippen molar-refractivity contribution in [2.75, 3.05) is 6.54 Å². The zero-order chi connectivity index (χ0) is 17.2. The highest BCUT2D eigenvalue weighted by molar-refractivity contribution is 5.94. The van der Waals surface area contributed by atoms with Crippen LogP contribution in [0.15, 0.2) is 57.6 Å². The van der Waals surface area contributed by atoms with Crippen molar-refractivity contribution in [3.8, 4) is 11.5 Å². The van der Waals surface area contributed by atoms with Crippen molar-refractivity contribution in [3.05, 3.63) is 65.9 Å². The molecule has 0 aliphatic heterocycles. The molecular formula is C19H18N2O4. The van der Waals surface area contributed by atoms with Crippen LogP contribution in [0.25, 0.3) is 11.5 Å². The number of benzene rings is 1. The predicted molar refractivity (Wildman–Crippen MR) is 89.9 cm³/mol. The van der Waals surface area contributed by atoms with Gasteiger partial charge < -0.3 is 19.3 Å². The number of nitrogens with zero attached hydrogens (tertiary/aromatic N) is 1. The Bertz CT molecular complexity index is 851. The van der Waals surface area contributed by atoms with Gasteiger partial charge in [-0.2, -0.15) is 0 Å². The van der Waals surface area contributed by atoms with Crippen molar-refractivity contribution in [2.24, 2.45) is 0 Å². The summed E-state index contributed by atoms with van der Waals surface area (Å²) in [5, 5.41) is 12.7. The molecule has 3 aromatic rings. The molecule has 0 bridgehead atoms. The van der Waals surface area contributed by atoms with Crippen LogP contribution in [0.5, 0.6) is 0 Å². The van der Waals surface area contributed by atoms with Crippen LogP contribution in [-0.2, 0) is 0 Å². The van der Waals surface area contributed by atoms with Crippen molar-refractivity contribution in [2.45, 2.75) is 24.9 Å². The third-order valence-electron chi connectivity index (χ3n) is 4.16. The van der Waals surface area contributed by atoms with Crippen LogP contribution < -0.4 is 5.32 Å². The van der Waals surface area contributed by atoms with E-state index in [0.29, 0.717) is 23.1 Å². The van der Waals surface area contributed by atoms with Gasteiger partial charge in [0.05, 0.1) is 12.8 Å². The van der Waals surface area contributed by atoms with E-state index >= 15 is 0 Å². The number of carbonyl (C=O) groups excluding carboxylic acids is 1. The van der Waals surface area contributed by atoms with Gasteiger partial charge in [0.15, 0.2) is 5.69 Å². The second kappa shape index (κ2) is 6.57. The summed E-state index contributed by atoms with van der Waals surface area (Å²) in [5.41, 5.74) is 1.13. The number of aliphatic hydroxyl groups excluding tert-OH is 1. The van der Waals surface area contributed by atoms with Crippen molar-refractivity contribution < 1.29 is 18.7 Å². The van der Waals surface area contributed by atoms with E-state index in [-0.39, 0.29) is 18.4 Å². The van der Waals surface area contributed by atoms with Crippen molar-refractivity contribution in [3.63, 3.8) is 0 Å². The Morgan fingerprint density at radius 1 is 1.24 bits per heavy atom. The average molecular weight is 338 g/mol. The SMILES string of the molecule is O=C(NCC(O)c1ccco1)c1nc(-c2ccccc2)oc1C1CC1. The first kappa shape index (κ1) is 15.7. The molecule has 128 valence electrons. The summed E-state index contributed by atoms with van der Waals surface area (Å²) >= 11 is 0. The van der Waals surface area contributed by atoms with E-state index < -0.39 is 6.10 Å². The molecule has 1 saturated carbocycles. The molecule has 2 heterocycles. The zero-order valence-corrected chi connectivity index (χ0v) is 13.5. The van der Waals surface area contributed by atoms with Gasteiger partial charge in [-0.15, -0.1) is 0 Å². The normalized spacial score (nSPS) is 15.1. The predicted octanol–water partition coefficient (Wildman–Crippen LogP) is 3.28. The van der Waals surface area contributed by atoms with Gasteiger partial charge in [0.1, 0.15) is 17.6 Å². The Balaban J connectivity index is 1.52. The number of amides is 1. The second-order valence-corrected chi connectivity index (χ2v) is 6.11. The fraction of sp³-hybridized carbons (Fsp3) is 0.263. The van der Waals surface area contributed by atoms with E-state index in [1.165, 1.54) is 6.26 Å². The van der Waals surface area contributed by atoms with Crippen LogP contribution >= 0.6 is 0 Å². The number of carbonyl (C=O) groups is 1. The molecule has 6 heteroatoms. The summed E-state index contributed by atoms with van der Waals surface area (Å²) < 4.78 is 11.0. The van der Waals surface area contributed by atoms with Crippen LogP contribution in [-0.4, -0.2) is 22.5 Å². The van der Waals surface area contributed by atoms with Gasteiger partial charge in [0.2, 0.25) is 5.89 Å². The fourth-order valence-electron chi connectivity index (χ4n) is 2.68. The molecule has 0 radical (unpaired) electrons. The summed E-state index contributed by atoms with van der Waals surface area (Å²) in [7, 11) is 0. The molecule has 0 saturated heterocycles. The molecule has 0 spiro atoms. The molecule has 4 rings (SSSR count). The lowest BCUT2D eigenvalue weighted by Crippen LogP contribution is -2.29. The minimum atomic E-state index is -0.899. The molecule has 1 atom stereocenters. The van der Waals surface area contributed by atoms with E-state index in [4.69, 9.17) is 8.83 Å². The first-order chi connectivity index (χ1) is 12.2. The highest BCUT2D eigenvalue weighted by Crippen LogP contribution is 2.43. The van der Waals surface area contributed by atoms with Gasteiger partial charge in [0, 0.05) is 11.5 Å². The summed E-state index contributed by atoms with van der Waals surface area (Å²) in [6.07, 6.45) is 2.58. The number of rotatable bonds is 6. The topological polar surface area (TPSA) is 88.5 Å². The van der Waals surface area contributed by atoms with Gasteiger partial charge in [-0.1, -0.05) is 18.2 Å². The quantitative estimate of drug-likeness (QED) is 0.720. The molecule has 1 aliphatic carbocycles. The number of furan rings is 1. The number of aromatic nitrogens is 1. The Hall–Kier alpha value is -2.86. The molecule has 1 amide bonds. The van der Waals surface area contributed by atoms with E-state index in [9.17, 15) is 9.90 Å². The van der Waals surface area contributed by atoms with Gasteiger partial charge in [-0.05, 0) is 37.1 Å². The van der Waals surface area contributed by atoms with Crippen molar-refractivity contribution in [1.29, 1.82) is 0 Å². The van der Waals surface area contributed by atoms with Crippen molar-refractivity contribution in [1.82, 2.24) is 10.3 Å². The maximum atomic E-state index is 12.5. The maximum absolute atomic E-state index is 12.5. The highest BCUT2D eigenvalue weighted by atomic mass is 16.4. The van der Waals surface area contributed by atoms with Crippen molar-refractivity contribution >= 4 is 5.91 Å². The third kappa shape index (κ3) is 3.34. The minimum absolute atomic E-state index is 0.0456. The summed E-state index contributed by atoms with van der Waals surface area (Å²) in [5.74, 6) is 1.38.